The summed E-state index contributed by atoms with van der Waals surface area (Å²) < 4.78 is 0. The molecule has 32 heavy (non-hydrogen) atoms. The molecule has 0 N–H and O–H groups in total. The number of allylic oxidation sites excluding steroid dienone is 18. The van der Waals surface area contributed by atoms with E-state index in [1.807, 2.05) is 0 Å². The monoisotopic (exact) mass is 420 g/mol. The standard InChI is InChI=1S/C32H36/c1-23(30-18-24(2)32-13-6-5-12-29(32)22-30)14-15-27-20-28-17-16-26(19-31(28)21-27)11-7-10-25-8-3-4-9-25/h5-6,12-13,16-22,25,31-32H,1-4,7-11,14-15H2. The molecular weight excluding hydrogens is 384 g/mol. The van der Waals surface area contributed by atoms with Crippen LogP contribution in [0.3, 0.4) is 0 Å². The Morgan fingerprint density at radius 3 is 2.59 bits per heavy atom. The third-order valence-electron chi connectivity index (χ3n) is 7.82. The lowest BCUT2D eigenvalue weighted by molar-refractivity contribution is 0.484. The fraction of sp³-hybridized carbons (Fsp3) is 0.375. The molecule has 2 atom stereocenters. The maximum absolute atomic E-state index is 4.41. The molecule has 2 unspecified atom stereocenters. The Kier molecular flexibility index (Phi) is 6.30. The van der Waals surface area contributed by atoms with Crippen LogP contribution in [0.15, 0.2) is 119 Å². The van der Waals surface area contributed by atoms with Crippen molar-refractivity contribution in [3.8, 4) is 0 Å². The largest absolute Gasteiger partial charge is 0.0952 e. The summed E-state index contributed by atoms with van der Waals surface area (Å²) in [5.74, 6) is 1.83. The molecule has 1 fully saturated rings. The fourth-order valence-corrected chi connectivity index (χ4v) is 5.88. The highest BCUT2D eigenvalue weighted by Gasteiger charge is 2.21. The van der Waals surface area contributed by atoms with Crippen LogP contribution in [-0.2, 0) is 0 Å². The van der Waals surface area contributed by atoms with Gasteiger partial charge in [0.1, 0.15) is 0 Å². The van der Waals surface area contributed by atoms with Gasteiger partial charge in [-0.2, -0.15) is 0 Å². The highest BCUT2D eigenvalue weighted by atomic mass is 14.3. The van der Waals surface area contributed by atoms with E-state index in [2.05, 4.69) is 80.0 Å². The third-order valence-corrected chi connectivity index (χ3v) is 7.82. The summed E-state index contributed by atoms with van der Waals surface area (Å²) in [6.07, 6.45) is 37.2. The van der Waals surface area contributed by atoms with Gasteiger partial charge >= 0.3 is 0 Å². The van der Waals surface area contributed by atoms with Gasteiger partial charge in [0, 0.05) is 11.8 Å². The Labute approximate surface area is 194 Å². The van der Waals surface area contributed by atoms with Crippen molar-refractivity contribution >= 4 is 0 Å². The first-order valence-electron chi connectivity index (χ1n) is 12.6. The lowest BCUT2D eigenvalue weighted by Gasteiger charge is -2.24. The van der Waals surface area contributed by atoms with Gasteiger partial charge in [0.15, 0.2) is 0 Å². The highest BCUT2D eigenvalue weighted by Crippen LogP contribution is 2.37. The average molecular weight is 421 g/mol. The second-order valence-electron chi connectivity index (χ2n) is 10.2. The Hall–Kier alpha value is -2.60. The van der Waals surface area contributed by atoms with Gasteiger partial charge in [0.2, 0.25) is 0 Å². The molecule has 1 saturated carbocycles. The summed E-state index contributed by atoms with van der Waals surface area (Å²) in [5.41, 5.74) is 9.42. The van der Waals surface area contributed by atoms with Crippen LogP contribution in [0.25, 0.3) is 0 Å². The molecule has 0 aromatic heterocycles. The van der Waals surface area contributed by atoms with Crippen LogP contribution >= 0.6 is 0 Å². The lowest BCUT2D eigenvalue weighted by atomic mass is 9.80. The van der Waals surface area contributed by atoms with Gasteiger partial charge in [-0.1, -0.05) is 123 Å². The van der Waals surface area contributed by atoms with E-state index in [1.54, 1.807) is 0 Å². The van der Waals surface area contributed by atoms with Crippen molar-refractivity contribution in [2.24, 2.45) is 17.8 Å². The summed E-state index contributed by atoms with van der Waals surface area (Å²) >= 11 is 0. The second kappa shape index (κ2) is 9.49. The molecule has 5 rings (SSSR count). The van der Waals surface area contributed by atoms with E-state index < -0.39 is 0 Å². The molecule has 0 heteroatoms. The topological polar surface area (TPSA) is 0 Å². The van der Waals surface area contributed by atoms with E-state index in [9.17, 15) is 0 Å². The predicted octanol–water partition coefficient (Wildman–Crippen LogP) is 8.83. The fourth-order valence-electron chi connectivity index (χ4n) is 5.88. The number of hydrogen-bond donors (Lipinski definition) is 0. The molecule has 0 aliphatic heterocycles. The summed E-state index contributed by atoms with van der Waals surface area (Å²) in [6, 6.07) is 0. The van der Waals surface area contributed by atoms with Gasteiger partial charge in [-0.05, 0) is 59.5 Å². The quantitative estimate of drug-likeness (QED) is 0.368. The van der Waals surface area contributed by atoms with Crippen molar-refractivity contribution < 1.29 is 0 Å². The minimum Gasteiger partial charge on any atom is -0.0952 e. The Morgan fingerprint density at radius 2 is 1.72 bits per heavy atom. The first-order valence-corrected chi connectivity index (χ1v) is 12.6. The summed E-state index contributed by atoms with van der Waals surface area (Å²) in [4.78, 5) is 0. The zero-order chi connectivity index (χ0) is 21.9. The maximum Gasteiger partial charge on any atom is 0.0267 e. The van der Waals surface area contributed by atoms with E-state index in [4.69, 9.17) is 0 Å². The van der Waals surface area contributed by atoms with Crippen LogP contribution in [0.5, 0.6) is 0 Å². The Morgan fingerprint density at radius 1 is 0.875 bits per heavy atom. The minimum absolute atomic E-state index is 0.341. The zero-order valence-electron chi connectivity index (χ0n) is 19.4. The van der Waals surface area contributed by atoms with Gasteiger partial charge in [0.05, 0.1) is 0 Å². The van der Waals surface area contributed by atoms with Crippen molar-refractivity contribution in [1.29, 1.82) is 0 Å². The van der Waals surface area contributed by atoms with Crippen LogP contribution in [0, 0.1) is 17.8 Å². The van der Waals surface area contributed by atoms with Crippen molar-refractivity contribution in [1.82, 2.24) is 0 Å². The first kappa shape index (κ1) is 21.3. The molecule has 0 radical (unpaired) electrons. The molecule has 0 spiro atoms. The van der Waals surface area contributed by atoms with E-state index in [0.717, 1.165) is 18.8 Å². The number of hydrogen-bond acceptors (Lipinski definition) is 0. The molecule has 0 aromatic carbocycles. The van der Waals surface area contributed by atoms with Gasteiger partial charge in [-0.3, -0.25) is 0 Å². The number of fused-ring (bicyclic) bond motifs is 2. The van der Waals surface area contributed by atoms with Crippen LogP contribution in [0.2, 0.25) is 0 Å². The molecule has 5 aliphatic rings. The Bertz CT molecular complexity index is 1030. The van der Waals surface area contributed by atoms with E-state index in [0.29, 0.717) is 11.8 Å². The lowest BCUT2D eigenvalue weighted by Crippen LogP contribution is -2.09. The zero-order valence-corrected chi connectivity index (χ0v) is 19.4. The first-order chi connectivity index (χ1) is 15.7. The molecule has 5 aliphatic carbocycles. The van der Waals surface area contributed by atoms with Crippen molar-refractivity contribution in [2.45, 2.75) is 57.8 Å². The minimum atomic E-state index is 0.341. The second-order valence-corrected chi connectivity index (χ2v) is 10.2. The SMILES string of the molecule is C=C(CCC1=CC2C=C(CCCC3CCCC3)C=CC2=C1)C1=CC(=C)C2C=CC=CC2=C1. The molecule has 0 heterocycles. The van der Waals surface area contributed by atoms with E-state index >= 15 is 0 Å². The molecule has 164 valence electrons. The van der Waals surface area contributed by atoms with Gasteiger partial charge in [0.25, 0.3) is 0 Å². The van der Waals surface area contributed by atoms with Crippen molar-refractivity contribution in [2.75, 3.05) is 0 Å². The summed E-state index contributed by atoms with van der Waals surface area (Å²) in [6.45, 7) is 8.70. The van der Waals surface area contributed by atoms with Gasteiger partial charge in [-0.25, -0.2) is 0 Å². The average Bonchev–Trinajstić information content (AvgIpc) is 3.47. The molecule has 0 aromatic rings. The van der Waals surface area contributed by atoms with E-state index in [-0.39, 0.29) is 0 Å². The smallest absolute Gasteiger partial charge is 0.0267 e. The maximum atomic E-state index is 4.41. The van der Waals surface area contributed by atoms with Crippen LogP contribution in [-0.4, -0.2) is 0 Å². The normalized spacial score (nSPS) is 26.2. The summed E-state index contributed by atoms with van der Waals surface area (Å²) in [5, 5.41) is 0. The molecule has 0 nitrogen and oxygen atoms in total. The van der Waals surface area contributed by atoms with E-state index in [1.165, 1.54) is 84.0 Å². The predicted molar refractivity (Wildman–Crippen MR) is 138 cm³/mol. The van der Waals surface area contributed by atoms with Crippen LogP contribution in [0.4, 0.5) is 0 Å². The van der Waals surface area contributed by atoms with Crippen LogP contribution in [0.1, 0.15) is 57.8 Å². The molecule has 0 saturated heterocycles. The van der Waals surface area contributed by atoms with Gasteiger partial charge in [-0.15, -0.1) is 0 Å². The Balaban J connectivity index is 1.14. The molecular formula is C32H36. The molecule has 0 amide bonds. The summed E-state index contributed by atoms with van der Waals surface area (Å²) in [7, 11) is 0. The third kappa shape index (κ3) is 4.75. The van der Waals surface area contributed by atoms with Gasteiger partial charge < -0.3 is 0 Å². The van der Waals surface area contributed by atoms with Crippen molar-refractivity contribution in [3.05, 3.63) is 119 Å². The number of rotatable bonds is 8. The van der Waals surface area contributed by atoms with Crippen molar-refractivity contribution in [3.63, 3.8) is 0 Å². The molecule has 0 bridgehead atoms. The van der Waals surface area contributed by atoms with Crippen LogP contribution < -0.4 is 0 Å². The highest BCUT2D eigenvalue weighted by molar-refractivity contribution is 5.56.